The maximum absolute atomic E-state index is 11.9. The van der Waals surface area contributed by atoms with Crippen LogP contribution >= 0.6 is 11.8 Å². The minimum atomic E-state index is -3.46. The highest BCUT2D eigenvalue weighted by molar-refractivity contribution is 7.99. The van der Waals surface area contributed by atoms with Crippen molar-refractivity contribution < 1.29 is 13.2 Å². The monoisotopic (exact) mass is 331 g/mol. The third kappa shape index (κ3) is 4.69. The molecule has 0 aromatic carbocycles. The first-order valence-electron chi connectivity index (χ1n) is 6.62. The molecule has 0 saturated heterocycles. The second-order valence-electron chi connectivity index (χ2n) is 4.47. The lowest BCUT2D eigenvalue weighted by atomic mass is 10.5. The summed E-state index contributed by atoms with van der Waals surface area (Å²) in [4.78, 5) is 17.9. The Morgan fingerprint density at radius 1 is 1.24 bits per heavy atom. The molecule has 0 atom stereocenters. The van der Waals surface area contributed by atoms with Gasteiger partial charge in [-0.05, 0) is 26.0 Å². The van der Waals surface area contributed by atoms with Gasteiger partial charge in [0.25, 0.3) is 0 Å². The van der Waals surface area contributed by atoms with Crippen molar-refractivity contribution in [1.29, 1.82) is 0 Å². The lowest BCUT2D eigenvalue weighted by molar-refractivity contribution is -0.127. The molecule has 0 saturated carbocycles. The van der Waals surface area contributed by atoms with Crippen LogP contribution in [-0.2, 0) is 14.8 Å². The number of pyridine rings is 1. The first-order valence-corrected chi connectivity index (χ1v) is 9.04. The van der Waals surface area contributed by atoms with Crippen LogP contribution in [0.25, 0.3) is 0 Å². The van der Waals surface area contributed by atoms with Crippen LogP contribution in [-0.4, -0.2) is 61.5 Å². The Morgan fingerprint density at radius 3 is 2.29 bits per heavy atom. The van der Waals surface area contributed by atoms with E-state index in [9.17, 15) is 13.2 Å². The molecule has 1 heterocycles. The summed E-state index contributed by atoms with van der Waals surface area (Å²) in [6.45, 7) is 5.24. The summed E-state index contributed by atoms with van der Waals surface area (Å²) in [5, 5.41) is 0.633. The van der Waals surface area contributed by atoms with Crippen molar-refractivity contribution in [1.82, 2.24) is 14.2 Å². The molecule has 1 amide bonds. The molecule has 0 fully saturated rings. The molecule has 1 rings (SSSR count). The average Bonchev–Trinajstić information content (AvgIpc) is 2.46. The third-order valence-electron chi connectivity index (χ3n) is 2.95. The molecule has 0 aliphatic rings. The fourth-order valence-electron chi connectivity index (χ4n) is 1.62. The SMILES string of the molecule is CCN(CC)C(=O)CSc1ccc(S(=O)(=O)N(C)C)cn1. The molecule has 8 heteroatoms. The van der Waals surface area contributed by atoms with E-state index in [-0.39, 0.29) is 10.8 Å². The van der Waals surface area contributed by atoms with Crippen LogP contribution in [0.3, 0.4) is 0 Å². The number of aromatic nitrogens is 1. The fraction of sp³-hybridized carbons (Fsp3) is 0.538. The van der Waals surface area contributed by atoms with E-state index < -0.39 is 10.0 Å². The summed E-state index contributed by atoms with van der Waals surface area (Å²) in [6, 6.07) is 3.13. The second-order valence-corrected chi connectivity index (χ2v) is 7.62. The van der Waals surface area contributed by atoms with Crippen LogP contribution in [0.15, 0.2) is 28.3 Å². The van der Waals surface area contributed by atoms with Gasteiger partial charge in [-0.3, -0.25) is 4.79 Å². The lowest BCUT2D eigenvalue weighted by Crippen LogP contribution is -2.31. The molecule has 0 aliphatic carbocycles. The van der Waals surface area contributed by atoms with Crippen molar-refractivity contribution >= 4 is 27.7 Å². The zero-order valence-electron chi connectivity index (χ0n) is 12.7. The standard InChI is InChI=1S/C13H21N3O3S2/c1-5-16(6-2)13(17)10-20-12-8-7-11(9-14-12)21(18,19)15(3)4/h7-9H,5-6,10H2,1-4H3. The zero-order chi connectivity index (χ0) is 16.0. The first kappa shape index (κ1) is 17.9. The van der Waals surface area contributed by atoms with E-state index in [0.29, 0.717) is 23.9 Å². The van der Waals surface area contributed by atoms with E-state index in [1.807, 2.05) is 13.8 Å². The molecule has 1 aromatic heterocycles. The highest BCUT2D eigenvalue weighted by Gasteiger charge is 2.17. The van der Waals surface area contributed by atoms with E-state index in [1.54, 1.807) is 11.0 Å². The van der Waals surface area contributed by atoms with Crippen LogP contribution in [0.2, 0.25) is 0 Å². The molecule has 0 radical (unpaired) electrons. The molecule has 0 spiro atoms. The van der Waals surface area contributed by atoms with Crippen LogP contribution in [0.1, 0.15) is 13.8 Å². The average molecular weight is 331 g/mol. The Morgan fingerprint density at radius 2 is 1.86 bits per heavy atom. The smallest absolute Gasteiger partial charge is 0.244 e. The van der Waals surface area contributed by atoms with Crippen molar-refractivity contribution in [2.24, 2.45) is 0 Å². The second kappa shape index (κ2) is 7.77. The largest absolute Gasteiger partial charge is 0.343 e. The minimum absolute atomic E-state index is 0.0526. The number of hydrogen-bond acceptors (Lipinski definition) is 5. The van der Waals surface area contributed by atoms with Gasteiger partial charge in [-0.15, -0.1) is 0 Å². The number of hydrogen-bond donors (Lipinski definition) is 0. The number of carbonyl (C=O) groups excluding carboxylic acids is 1. The molecule has 118 valence electrons. The van der Waals surface area contributed by atoms with Crippen LogP contribution in [0.4, 0.5) is 0 Å². The predicted molar refractivity (Wildman–Crippen MR) is 83.8 cm³/mol. The van der Waals surface area contributed by atoms with Gasteiger partial charge in [-0.2, -0.15) is 0 Å². The summed E-state index contributed by atoms with van der Waals surface area (Å²) < 4.78 is 24.9. The molecule has 0 unspecified atom stereocenters. The molecular formula is C13H21N3O3S2. The normalized spacial score (nSPS) is 11.7. The maximum atomic E-state index is 11.9. The van der Waals surface area contributed by atoms with Gasteiger partial charge in [0, 0.05) is 33.4 Å². The number of thioether (sulfide) groups is 1. The Balaban J connectivity index is 2.70. The number of amides is 1. The van der Waals surface area contributed by atoms with Gasteiger partial charge in [-0.25, -0.2) is 17.7 Å². The number of rotatable bonds is 7. The Bertz CT molecular complexity index is 567. The first-order chi connectivity index (χ1) is 9.82. The molecule has 0 bridgehead atoms. The van der Waals surface area contributed by atoms with Gasteiger partial charge >= 0.3 is 0 Å². The van der Waals surface area contributed by atoms with Crippen molar-refractivity contribution in [3.8, 4) is 0 Å². The topological polar surface area (TPSA) is 70.6 Å². The molecule has 0 N–H and O–H groups in total. The molecular weight excluding hydrogens is 310 g/mol. The summed E-state index contributed by atoms with van der Waals surface area (Å²) >= 11 is 1.30. The van der Waals surface area contributed by atoms with E-state index in [2.05, 4.69) is 4.98 Å². The number of sulfonamides is 1. The van der Waals surface area contributed by atoms with E-state index >= 15 is 0 Å². The van der Waals surface area contributed by atoms with Crippen molar-refractivity contribution in [3.63, 3.8) is 0 Å². The van der Waals surface area contributed by atoms with Crippen LogP contribution < -0.4 is 0 Å². The highest BCUT2D eigenvalue weighted by atomic mass is 32.2. The van der Waals surface area contributed by atoms with Crippen molar-refractivity contribution in [2.75, 3.05) is 32.9 Å². The summed E-state index contributed by atoms with van der Waals surface area (Å²) in [5.41, 5.74) is 0. The number of carbonyl (C=O) groups is 1. The van der Waals surface area contributed by atoms with Gasteiger partial charge in [0.2, 0.25) is 15.9 Å². The van der Waals surface area contributed by atoms with Gasteiger partial charge in [0.15, 0.2) is 0 Å². The summed E-state index contributed by atoms with van der Waals surface area (Å²) in [5.74, 6) is 0.353. The van der Waals surface area contributed by atoms with Gasteiger partial charge in [-0.1, -0.05) is 11.8 Å². The van der Waals surface area contributed by atoms with E-state index in [1.165, 1.54) is 38.1 Å². The van der Waals surface area contributed by atoms with E-state index in [4.69, 9.17) is 0 Å². The molecule has 1 aromatic rings. The van der Waals surface area contributed by atoms with Gasteiger partial charge in [0.05, 0.1) is 10.8 Å². The van der Waals surface area contributed by atoms with E-state index in [0.717, 1.165) is 4.31 Å². The van der Waals surface area contributed by atoms with Crippen LogP contribution in [0.5, 0.6) is 0 Å². The minimum Gasteiger partial charge on any atom is -0.343 e. The molecule has 6 nitrogen and oxygen atoms in total. The number of nitrogens with zero attached hydrogens (tertiary/aromatic N) is 3. The summed E-state index contributed by atoms with van der Waals surface area (Å²) in [6.07, 6.45) is 1.32. The quantitative estimate of drug-likeness (QED) is 0.704. The highest BCUT2D eigenvalue weighted by Crippen LogP contribution is 2.19. The maximum Gasteiger partial charge on any atom is 0.244 e. The summed E-state index contributed by atoms with van der Waals surface area (Å²) in [7, 11) is -0.514. The van der Waals surface area contributed by atoms with Crippen molar-refractivity contribution in [2.45, 2.75) is 23.8 Å². The van der Waals surface area contributed by atoms with Gasteiger partial charge < -0.3 is 4.90 Å². The Hall–Kier alpha value is -1.12. The zero-order valence-corrected chi connectivity index (χ0v) is 14.4. The predicted octanol–water partition coefficient (Wildman–Crippen LogP) is 1.29. The van der Waals surface area contributed by atoms with Crippen LogP contribution in [0, 0.1) is 0 Å². The fourth-order valence-corrected chi connectivity index (χ4v) is 3.21. The molecule has 21 heavy (non-hydrogen) atoms. The third-order valence-corrected chi connectivity index (χ3v) is 5.67. The Labute approximate surface area is 130 Å². The van der Waals surface area contributed by atoms with Crippen molar-refractivity contribution in [3.05, 3.63) is 18.3 Å². The lowest BCUT2D eigenvalue weighted by Gasteiger charge is -2.18. The molecule has 0 aliphatic heterocycles. The van der Waals surface area contributed by atoms with Gasteiger partial charge in [0.1, 0.15) is 4.90 Å². The Kier molecular flexibility index (Phi) is 6.63.